The normalized spacial score (nSPS) is 29.8. The fraction of sp³-hybridized carbons (Fsp3) is 1.00. The Morgan fingerprint density at radius 1 is 1.29 bits per heavy atom. The van der Waals surface area contributed by atoms with E-state index in [2.05, 4.69) is 30.9 Å². The minimum Gasteiger partial charge on any atom is -0.312 e. The topological polar surface area (TPSA) is 12.0 Å². The predicted molar refractivity (Wildman–Crippen MR) is 64.8 cm³/mol. The third kappa shape index (κ3) is 2.90. The van der Waals surface area contributed by atoms with E-state index in [1.54, 1.807) is 0 Å². The average Bonchev–Trinajstić information content (AvgIpc) is 2.82. The smallest absolute Gasteiger partial charge is 0.0172 e. The molecule has 0 aromatic heterocycles. The summed E-state index contributed by atoms with van der Waals surface area (Å²) in [6.45, 7) is 5.97. The molecule has 1 saturated carbocycles. The molecule has 2 unspecified atom stereocenters. The zero-order chi connectivity index (χ0) is 9.97. The summed E-state index contributed by atoms with van der Waals surface area (Å²) in [7, 11) is 0. The molecule has 0 spiro atoms. The molecule has 0 bridgehead atoms. The maximum Gasteiger partial charge on any atom is 0.0172 e. The molecule has 0 aromatic rings. The highest BCUT2D eigenvalue weighted by atomic mass is 32.2. The quantitative estimate of drug-likeness (QED) is 0.753. The molecule has 0 aromatic carbocycles. The van der Waals surface area contributed by atoms with Crippen molar-refractivity contribution in [3.63, 3.8) is 0 Å². The van der Waals surface area contributed by atoms with Gasteiger partial charge in [-0.05, 0) is 43.3 Å². The maximum atomic E-state index is 3.80. The third-order valence-electron chi connectivity index (χ3n) is 3.45. The Morgan fingerprint density at radius 3 is 2.57 bits per heavy atom. The summed E-state index contributed by atoms with van der Waals surface area (Å²) in [4.78, 5) is 0. The molecule has 0 radical (unpaired) electrons. The Hall–Kier alpha value is 0.310. The molecule has 82 valence electrons. The Balaban J connectivity index is 1.70. The maximum absolute atomic E-state index is 3.80. The molecule has 2 atom stereocenters. The van der Waals surface area contributed by atoms with Crippen LogP contribution in [0.4, 0.5) is 0 Å². The van der Waals surface area contributed by atoms with Gasteiger partial charge in [0.05, 0.1) is 0 Å². The van der Waals surface area contributed by atoms with Gasteiger partial charge in [0.25, 0.3) is 0 Å². The Bertz CT molecular complexity index is 169. The molecular weight excluding hydrogens is 190 g/mol. The number of rotatable bonds is 5. The van der Waals surface area contributed by atoms with Gasteiger partial charge in [-0.3, -0.25) is 0 Å². The summed E-state index contributed by atoms with van der Waals surface area (Å²) in [5.41, 5.74) is 0. The van der Waals surface area contributed by atoms with Crippen LogP contribution in [0, 0.1) is 11.8 Å². The molecule has 1 aliphatic heterocycles. The van der Waals surface area contributed by atoms with Crippen LogP contribution in [0.5, 0.6) is 0 Å². The van der Waals surface area contributed by atoms with Gasteiger partial charge in [-0.15, -0.1) is 0 Å². The summed E-state index contributed by atoms with van der Waals surface area (Å²) >= 11 is 2.17. The lowest BCUT2D eigenvalue weighted by Crippen LogP contribution is -2.39. The van der Waals surface area contributed by atoms with Crippen molar-refractivity contribution in [2.24, 2.45) is 11.8 Å². The second kappa shape index (κ2) is 4.89. The summed E-state index contributed by atoms with van der Waals surface area (Å²) in [6, 6.07) is 0.802. The van der Waals surface area contributed by atoms with Crippen LogP contribution < -0.4 is 5.32 Å². The van der Waals surface area contributed by atoms with E-state index in [-0.39, 0.29) is 0 Å². The summed E-state index contributed by atoms with van der Waals surface area (Å²) in [5.74, 6) is 3.21. The van der Waals surface area contributed by atoms with E-state index in [0.29, 0.717) is 0 Å². The van der Waals surface area contributed by atoms with Crippen molar-refractivity contribution in [2.45, 2.75) is 50.8 Å². The first-order valence-electron chi connectivity index (χ1n) is 6.12. The molecule has 2 fully saturated rings. The van der Waals surface area contributed by atoms with Crippen molar-refractivity contribution < 1.29 is 0 Å². The van der Waals surface area contributed by atoms with E-state index in [0.717, 1.165) is 23.1 Å². The Morgan fingerprint density at radius 2 is 2.07 bits per heavy atom. The summed E-state index contributed by atoms with van der Waals surface area (Å²) in [6.07, 6.45) is 5.81. The van der Waals surface area contributed by atoms with E-state index >= 15 is 0 Å². The van der Waals surface area contributed by atoms with Gasteiger partial charge in [-0.1, -0.05) is 13.8 Å². The zero-order valence-electron chi connectivity index (χ0n) is 9.46. The zero-order valence-corrected chi connectivity index (χ0v) is 10.3. The minimum absolute atomic E-state index is 0.802. The van der Waals surface area contributed by atoms with Crippen LogP contribution in [0.1, 0.15) is 39.5 Å². The van der Waals surface area contributed by atoms with Crippen LogP contribution in [-0.2, 0) is 0 Å². The van der Waals surface area contributed by atoms with Crippen LogP contribution in [0.3, 0.4) is 0 Å². The minimum atomic E-state index is 0.802. The average molecular weight is 213 g/mol. The fourth-order valence-corrected chi connectivity index (χ4v) is 3.69. The fourth-order valence-electron chi connectivity index (χ4n) is 2.47. The molecule has 1 nitrogen and oxygen atoms in total. The second-order valence-corrected chi connectivity index (χ2v) is 6.56. The molecule has 2 aliphatic rings. The van der Waals surface area contributed by atoms with Gasteiger partial charge in [0, 0.05) is 17.8 Å². The lowest BCUT2D eigenvalue weighted by molar-refractivity contribution is 0.361. The van der Waals surface area contributed by atoms with Crippen molar-refractivity contribution in [3.05, 3.63) is 0 Å². The van der Waals surface area contributed by atoms with Crippen LogP contribution in [-0.4, -0.2) is 23.6 Å². The van der Waals surface area contributed by atoms with Crippen LogP contribution >= 0.6 is 11.8 Å². The number of hydrogen-bond acceptors (Lipinski definition) is 2. The van der Waals surface area contributed by atoms with E-state index in [1.807, 2.05) is 0 Å². The van der Waals surface area contributed by atoms with Gasteiger partial charge in [0.1, 0.15) is 0 Å². The van der Waals surface area contributed by atoms with Crippen molar-refractivity contribution in [2.75, 3.05) is 12.3 Å². The van der Waals surface area contributed by atoms with E-state index in [1.165, 1.54) is 38.0 Å². The number of nitrogens with one attached hydrogen (secondary N) is 1. The molecule has 14 heavy (non-hydrogen) atoms. The molecule has 2 heteroatoms. The van der Waals surface area contributed by atoms with Crippen molar-refractivity contribution in [3.8, 4) is 0 Å². The second-order valence-electron chi connectivity index (χ2n) is 5.15. The van der Waals surface area contributed by atoms with Gasteiger partial charge in [-0.2, -0.15) is 11.8 Å². The van der Waals surface area contributed by atoms with Crippen molar-refractivity contribution >= 4 is 11.8 Å². The van der Waals surface area contributed by atoms with Crippen molar-refractivity contribution in [1.82, 2.24) is 5.32 Å². The highest BCUT2D eigenvalue weighted by Gasteiger charge is 2.33. The van der Waals surface area contributed by atoms with Crippen LogP contribution in [0.15, 0.2) is 0 Å². The molecular formula is C12H23NS. The third-order valence-corrected chi connectivity index (χ3v) is 4.85. The van der Waals surface area contributed by atoms with Crippen molar-refractivity contribution in [1.29, 1.82) is 0 Å². The Labute approximate surface area is 92.4 Å². The summed E-state index contributed by atoms with van der Waals surface area (Å²) < 4.78 is 0. The highest BCUT2D eigenvalue weighted by Crippen LogP contribution is 2.36. The first-order chi connectivity index (χ1) is 6.77. The largest absolute Gasteiger partial charge is 0.312 e. The molecule has 1 saturated heterocycles. The first-order valence-corrected chi connectivity index (χ1v) is 7.17. The van der Waals surface area contributed by atoms with Gasteiger partial charge >= 0.3 is 0 Å². The molecule has 1 aliphatic carbocycles. The van der Waals surface area contributed by atoms with Crippen LogP contribution in [0.2, 0.25) is 0 Å². The van der Waals surface area contributed by atoms with E-state index < -0.39 is 0 Å². The first kappa shape index (κ1) is 10.8. The molecule has 1 N–H and O–H groups in total. The summed E-state index contributed by atoms with van der Waals surface area (Å²) in [5, 5.41) is 4.71. The van der Waals surface area contributed by atoms with Crippen LogP contribution in [0.25, 0.3) is 0 Å². The van der Waals surface area contributed by atoms with E-state index in [4.69, 9.17) is 0 Å². The lowest BCUT2D eigenvalue weighted by Gasteiger charge is -2.23. The number of hydrogen-bond donors (Lipinski definition) is 1. The highest BCUT2D eigenvalue weighted by molar-refractivity contribution is 8.00. The lowest BCUT2D eigenvalue weighted by atomic mass is 9.99. The molecule has 0 amide bonds. The van der Waals surface area contributed by atoms with Gasteiger partial charge < -0.3 is 5.32 Å². The molecule has 2 rings (SSSR count). The predicted octanol–water partition coefficient (Wildman–Crippen LogP) is 2.91. The van der Waals surface area contributed by atoms with Gasteiger partial charge in [-0.25, -0.2) is 0 Å². The van der Waals surface area contributed by atoms with E-state index in [9.17, 15) is 0 Å². The molecule has 1 heterocycles. The van der Waals surface area contributed by atoms with Gasteiger partial charge in [0.15, 0.2) is 0 Å². The number of thioether (sulfide) groups is 1. The standard InChI is InChI=1S/C12H23NS/c1-9(2)12(10-5-6-10)13-8-11-4-3-7-14-11/h9-13H,3-8H2,1-2H3. The Kier molecular flexibility index (Phi) is 3.78. The van der Waals surface area contributed by atoms with Gasteiger partial charge in [0.2, 0.25) is 0 Å². The SMILES string of the molecule is CC(C)C(NCC1CCCS1)C1CC1. The monoisotopic (exact) mass is 213 g/mol.